The normalized spacial score (nSPS) is 21.4. The van der Waals surface area contributed by atoms with Crippen LogP contribution < -0.4 is 5.32 Å². The van der Waals surface area contributed by atoms with Crippen LogP contribution in [0, 0.1) is 5.92 Å². The maximum absolute atomic E-state index is 12.1. The molecule has 0 bridgehead atoms. The van der Waals surface area contributed by atoms with E-state index in [-0.39, 0.29) is 17.9 Å². The van der Waals surface area contributed by atoms with Crippen LogP contribution in [0.4, 0.5) is 0 Å². The molecule has 0 saturated heterocycles. The number of rotatable bonds is 4. The third-order valence-electron chi connectivity index (χ3n) is 3.89. The highest BCUT2D eigenvalue weighted by Gasteiger charge is 2.25. The van der Waals surface area contributed by atoms with E-state index in [0.29, 0.717) is 17.9 Å². The predicted molar refractivity (Wildman–Crippen MR) is 75.3 cm³/mol. The van der Waals surface area contributed by atoms with Crippen molar-refractivity contribution >= 4 is 5.91 Å². The Morgan fingerprint density at radius 3 is 2.76 bits per heavy atom. The van der Waals surface area contributed by atoms with Gasteiger partial charge in [-0.2, -0.15) is 5.21 Å². The molecule has 2 aromatic rings. The standard InChI is InChI=1S/C14H17N5O2/c20-12-3-1-2-11(12)8-15-14(21)10-6-4-9(5-7-10)13-16-18-19-17-13/h4-7,11-12,20H,1-3,8H2,(H,15,21)(H,16,17,18,19). The van der Waals surface area contributed by atoms with E-state index in [1.54, 1.807) is 24.3 Å². The summed E-state index contributed by atoms with van der Waals surface area (Å²) in [5.74, 6) is 0.539. The number of H-pyrrole nitrogens is 1. The fourth-order valence-corrected chi connectivity index (χ4v) is 2.64. The summed E-state index contributed by atoms with van der Waals surface area (Å²) in [5.41, 5.74) is 1.38. The lowest BCUT2D eigenvalue weighted by Gasteiger charge is -2.15. The molecule has 0 spiro atoms. The Hall–Kier alpha value is -2.28. The Morgan fingerprint density at radius 1 is 1.33 bits per heavy atom. The molecular formula is C14H17N5O2. The number of hydrogen-bond donors (Lipinski definition) is 3. The first kappa shape index (κ1) is 13.7. The SMILES string of the molecule is O=C(NCC1CCCC1O)c1ccc(-c2nn[nH]n2)cc1. The molecule has 7 heteroatoms. The number of carbonyl (C=O) groups excluding carboxylic acids is 1. The van der Waals surface area contributed by atoms with Crippen LogP contribution in [0.1, 0.15) is 29.6 Å². The molecule has 21 heavy (non-hydrogen) atoms. The second-order valence-electron chi connectivity index (χ2n) is 5.28. The van der Waals surface area contributed by atoms with Crippen LogP contribution in [0.5, 0.6) is 0 Å². The number of nitrogens with zero attached hydrogens (tertiary/aromatic N) is 3. The Labute approximate surface area is 121 Å². The summed E-state index contributed by atoms with van der Waals surface area (Å²) in [4.78, 5) is 12.1. The van der Waals surface area contributed by atoms with Gasteiger partial charge in [-0.3, -0.25) is 4.79 Å². The third-order valence-corrected chi connectivity index (χ3v) is 3.89. The Balaban J connectivity index is 1.60. The lowest BCUT2D eigenvalue weighted by atomic mass is 10.1. The Morgan fingerprint density at radius 2 is 2.14 bits per heavy atom. The molecule has 3 N–H and O–H groups in total. The van der Waals surface area contributed by atoms with Crippen molar-refractivity contribution in [2.45, 2.75) is 25.4 Å². The summed E-state index contributed by atoms with van der Waals surface area (Å²) in [7, 11) is 0. The van der Waals surface area contributed by atoms with Gasteiger partial charge in [-0.1, -0.05) is 18.6 Å². The number of carbonyl (C=O) groups is 1. The molecule has 1 fully saturated rings. The van der Waals surface area contributed by atoms with Gasteiger partial charge < -0.3 is 10.4 Å². The first-order valence-electron chi connectivity index (χ1n) is 7.04. The van der Waals surface area contributed by atoms with Crippen LogP contribution in [-0.4, -0.2) is 44.3 Å². The fourth-order valence-electron chi connectivity index (χ4n) is 2.64. The second-order valence-corrected chi connectivity index (χ2v) is 5.28. The van der Waals surface area contributed by atoms with Gasteiger partial charge in [-0.05, 0) is 30.2 Å². The van der Waals surface area contributed by atoms with E-state index in [1.165, 1.54) is 0 Å². The Kier molecular flexibility index (Phi) is 3.92. The molecule has 1 aromatic carbocycles. The molecule has 2 unspecified atom stereocenters. The molecule has 1 heterocycles. The van der Waals surface area contributed by atoms with E-state index >= 15 is 0 Å². The van der Waals surface area contributed by atoms with Gasteiger partial charge in [0.25, 0.3) is 5.91 Å². The highest BCUT2D eigenvalue weighted by Crippen LogP contribution is 2.24. The van der Waals surface area contributed by atoms with Crippen molar-refractivity contribution < 1.29 is 9.90 Å². The van der Waals surface area contributed by atoms with Crippen LogP contribution in [0.15, 0.2) is 24.3 Å². The lowest BCUT2D eigenvalue weighted by molar-refractivity contribution is 0.0917. The van der Waals surface area contributed by atoms with Crippen molar-refractivity contribution in [3.63, 3.8) is 0 Å². The highest BCUT2D eigenvalue weighted by atomic mass is 16.3. The van der Waals surface area contributed by atoms with E-state index in [0.717, 1.165) is 24.8 Å². The van der Waals surface area contributed by atoms with Crippen LogP contribution in [0.2, 0.25) is 0 Å². The van der Waals surface area contributed by atoms with Crippen molar-refractivity contribution in [2.75, 3.05) is 6.54 Å². The molecular weight excluding hydrogens is 270 g/mol. The molecule has 3 rings (SSSR count). The number of aliphatic hydroxyl groups is 1. The lowest BCUT2D eigenvalue weighted by Crippen LogP contribution is -2.32. The summed E-state index contributed by atoms with van der Waals surface area (Å²) in [5, 5.41) is 26.3. The van der Waals surface area contributed by atoms with Crippen molar-refractivity contribution in [2.24, 2.45) is 5.92 Å². The predicted octanol–water partition coefficient (Wildman–Crippen LogP) is 0.757. The fraction of sp³-hybridized carbons (Fsp3) is 0.429. The van der Waals surface area contributed by atoms with Gasteiger partial charge in [0.1, 0.15) is 0 Å². The summed E-state index contributed by atoms with van der Waals surface area (Å²) in [6, 6.07) is 7.02. The maximum Gasteiger partial charge on any atom is 0.251 e. The summed E-state index contributed by atoms with van der Waals surface area (Å²) >= 11 is 0. The number of benzene rings is 1. The van der Waals surface area contributed by atoms with Gasteiger partial charge in [0.2, 0.25) is 5.82 Å². The summed E-state index contributed by atoms with van der Waals surface area (Å²) in [6.45, 7) is 0.520. The first-order valence-corrected chi connectivity index (χ1v) is 7.04. The van der Waals surface area contributed by atoms with Crippen LogP contribution in [-0.2, 0) is 0 Å². The minimum absolute atomic E-state index is 0.131. The molecule has 1 aliphatic rings. The largest absolute Gasteiger partial charge is 0.393 e. The minimum atomic E-state index is -0.286. The van der Waals surface area contributed by atoms with Crippen molar-refractivity contribution in [3.05, 3.63) is 29.8 Å². The molecule has 0 aliphatic heterocycles. The molecule has 1 saturated carbocycles. The molecule has 1 aliphatic carbocycles. The monoisotopic (exact) mass is 287 g/mol. The average Bonchev–Trinajstić information content (AvgIpc) is 3.17. The van der Waals surface area contributed by atoms with Gasteiger partial charge in [-0.25, -0.2) is 0 Å². The number of tetrazole rings is 1. The quantitative estimate of drug-likeness (QED) is 0.770. The zero-order chi connectivity index (χ0) is 14.7. The number of nitrogens with one attached hydrogen (secondary N) is 2. The molecule has 1 aromatic heterocycles. The first-order chi connectivity index (χ1) is 10.2. The van der Waals surface area contributed by atoms with Gasteiger partial charge in [0.15, 0.2) is 0 Å². The van der Waals surface area contributed by atoms with E-state index in [4.69, 9.17) is 0 Å². The second kappa shape index (κ2) is 6.01. The number of aliphatic hydroxyl groups excluding tert-OH is 1. The van der Waals surface area contributed by atoms with Gasteiger partial charge in [-0.15, -0.1) is 10.2 Å². The smallest absolute Gasteiger partial charge is 0.251 e. The van der Waals surface area contributed by atoms with Crippen LogP contribution in [0.3, 0.4) is 0 Å². The van der Waals surface area contributed by atoms with Crippen molar-refractivity contribution in [1.82, 2.24) is 25.9 Å². The minimum Gasteiger partial charge on any atom is -0.393 e. The number of aromatic amines is 1. The van der Waals surface area contributed by atoms with Crippen molar-refractivity contribution in [3.8, 4) is 11.4 Å². The molecule has 110 valence electrons. The Bertz CT molecular complexity index is 596. The van der Waals surface area contributed by atoms with E-state index < -0.39 is 0 Å². The van der Waals surface area contributed by atoms with Gasteiger partial charge in [0.05, 0.1) is 6.10 Å². The summed E-state index contributed by atoms with van der Waals surface area (Å²) in [6.07, 6.45) is 2.55. The zero-order valence-electron chi connectivity index (χ0n) is 11.5. The zero-order valence-corrected chi connectivity index (χ0v) is 11.5. The molecule has 7 nitrogen and oxygen atoms in total. The highest BCUT2D eigenvalue weighted by molar-refractivity contribution is 5.94. The number of aromatic nitrogens is 4. The topological polar surface area (TPSA) is 104 Å². The molecule has 0 radical (unpaired) electrons. The van der Waals surface area contributed by atoms with Crippen LogP contribution in [0.25, 0.3) is 11.4 Å². The molecule has 2 atom stereocenters. The van der Waals surface area contributed by atoms with E-state index in [9.17, 15) is 9.90 Å². The average molecular weight is 287 g/mol. The third kappa shape index (κ3) is 3.08. The number of amides is 1. The van der Waals surface area contributed by atoms with Gasteiger partial charge >= 0.3 is 0 Å². The van der Waals surface area contributed by atoms with Crippen molar-refractivity contribution in [1.29, 1.82) is 0 Å². The van der Waals surface area contributed by atoms with E-state index in [1.807, 2.05) is 0 Å². The van der Waals surface area contributed by atoms with Crippen LogP contribution >= 0.6 is 0 Å². The number of hydrogen-bond acceptors (Lipinski definition) is 5. The van der Waals surface area contributed by atoms with Gasteiger partial charge in [0, 0.05) is 23.6 Å². The molecule has 1 amide bonds. The van der Waals surface area contributed by atoms with E-state index in [2.05, 4.69) is 25.9 Å². The summed E-state index contributed by atoms with van der Waals surface area (Å²) < 4.78 is 0. The maximum atomic E-state index is 12.1.